The molecule has 46 heavy (non-hydrogen) atoms. The Labute approximate surface area is 272 Å². The Morgan fingerprint density at radius 3 is 2.30 bits per heavy atom. The van der Waals surface area contributed by atoms with Crippen molar-refractivity contribution in [2.24, 2.45) is 39.4 Å². The minimum atomic E-state index is -1.66. The summed E-state index contributed by atoms with van der Waals surface area (Å²) in [5.41, 5.74) is -2.38. The van der Waals surface area contributed by atoms with Gasteiger partial charge in [-0.15, -0.1) is 0 Å². The van der Waals surface area contributed by atoms with Gasteiger partial charge in [-0.2, -0.15) is 0 Å². The first-order valence-electron chi connectivity index (χ1n) is 17.0. The van der Waals surface area contributed by atoms with E-state index in [-0.39, 0.29) is 36.2 Å². The number of fused-ring (bicyclic) bond motifs is 5. The molecule has 1 heterocycles. The molecule has 0 aromatic carbocycles. The third-order valence-electron chi connectivity index (χ3n) is 13.6. The summed E-state index contributed by atoms with van der Waals surface area (Å²) in [6.45, 7) is 15.0. The van der Waals surface area contributed by atoms with Gasteiger partial charge in [0.15, 0.2) is 12.1 Å². The highest BCUT2D eigenvalue weighted by atomic mass is 16.7. The molecule has 1 saturated heterocycles. The van der Waals surface area contributed by atoms with Gasteiger partial charge in [0.05, 0.1) is 18.3 Å². The van der Waals surface area contributed by atoms with Crippen LogP contribution in [0.3, 0.4) is 0 Å². The third-order valence-corrected chi connectivity index (χ3v) is 13.6. The number of hydrogen-bond donors (Lipinski definition) is 6. The van der Waals surface area contributed by atoms with Crippen molar-refractivity contribution >= 4 is 11.6 Å². The number of Topliss-reactive ketones (excluding diaryl/α,β-unsaturated/α-hetero) is 2. The Balaban J connectivity index is 1.50. The zero-order chi connectivity index (χ0) is 34.4. The maximum absolute atomic E-state index is 14.7. The van der Waals surface area contributed by atoms with Gasteiger partial charge in [-0.05, 0) is 89.9 Å². The molecule has 1 unspecified atom stereocenters. The van der Waals surface area contributed by atoms with Gasteiger partial charge < -0.3 is 40.1 Å². The van der Waals surface area contributed by atoms with Crippen LogP contribution in [-0.4, -0.2) is 97.3 Å². The predicted molar refractivity (Wildman–Crippen MR) is 169 cm³/mol. The lowest BCUT2D eigenvalue weighted by molar-refractivity contribution is -0.311. The molecular formula is C36H56O10. The zero-order valence-electron chi connectivity index (χ0n) is 28.7. The Bertz CT molecular complexity index is 1280. The maximum atomic E-state index is 14.7. The lowest BCUT2D eigenvalue weighted by atomic mass is 9.38. The van der Waals surface area contributed by atoms with Gasteiger partial charge in [-0.1, -0.05) is 44.1 Å². The van der Waals surface area contributed by atoms with Crippen molar-refractivity contribution in [3.05, 3.63) is 23.3 Å². The molecule has 3 saturated carbocycles. The van der Waals surface area contributed by atoms with Gasteiger partial charge in [0.2, 0.25) is 0 Å². The molecule has 1 aliphatic heterocycles. The molecule has 10 heteroatoms. The second kappa shape index (κ2) is 11.8. The average Bonchev–Trinajstić information content (AvgIpc) is 3.18. The van der Waals surface area contributed by atoms with Crippen molar-refractivity contribution in [2.45, 2.75) is 142 Å². The van der Waals surface area contributed by atoms with Crippen LogP contribution in [0.2, 0.25) is 0 Å². The number of carbonyl (C=O) groups is 2. The van der Waals surface area contributed by atoms with Crippen LogP contribution < -0.4 is 0 Å². The fourth-order valence-corrected chi connectivity index (χ4v) is 10.6. The van der Waals surface area contributed by atoms with Crippen LogP contribution in [0.25, 0.3) is 0 Å². The molecule has 0 spiro atoms. The Morgan fingerprint density at radius 2 is 1.70 bits per heavy atom. The van der Waals surface area contributed by atoms with Crippen LogP contribution in [0.5, 0.6) is 0 Å². The first-order chi connectivity index (χ1) is 21.2. The number of aliphatic hydroxyl groups is 6. The van der Waals surface area contributed by atoms with E-state index >= 15 is 0 Å². The van der Waals surface area contributed by atoms with Gasteiger partial charge in [-0.3, -0.25) is 9.59 Å². The summed E-state index contributed by atoms with van der Waals surface area (Å²) in [7, 11) is 0. The van der Waals surface area contributed by atoms with Crippen LogP contribution in [0.15, 0.2) is 23.3 Å². The number of allylic oxidation sites excluding steroid dienone is 4. The van der Waals surface area contributed by atoms with E-state index in [1.54, 1.807) is 0 Å². The van der Waals surface area contributed by atoms with Crippen LogP contribution >= 0.6 is 0 Å². The number of rotatable bonds is 7. The second-order valence-electron chi connectivity index (χ2n) is 16.6. The molecular weight excluding hydrogens is 592 g/mol. The van der Waals surface area contributed by atoms with Crippen molar-refractivity contribution in [3.8, 4) is 0 Å². The van der Waals surface area contributed by atoms with Crippen molar-refractivity contribution in [2.75, 3.05) is 6.61 Å². The normalized spacial score (nSPS) is 48.1. The number of ketones is 2. The van der Waals surface area contributed by atoms with Gasteiger partial charge in [0, 0.05) is 22.7 Å². The van der Waals surface area contributed by atoms with E-state index in [0.29, 0.717) is 25.7 Å². The van der Waals surface area contributed by atoms with E-state index < -0.39 is 82.7 Å². The second-order valence-corrected chi connectivity index (χ2v) is 16.6. The van der Waals surface area contributed by atoms with Crippen molar-refractivity contribution in [3.63, 3.8) is 0 Å². The van der Waals surface area contributed by atoms with E-state index in [9.17, 15) is 40.2 Å². The third kappa shape index (κ3) is 5.04. The number of carbonyl (C=O) groups excluding carboxylic acids is 2. The smallest absolute Gasteiger partial charge is 0.187 e. The quantitative estimate of drug-likeness (QED) is 0.225. The molecule has 0 radical (unpaired) electrons. The topological polar surface area (TPSA) is 174 Å². The summed E-state index contributed by atoms with van der Waals surface area (Å²) in [5, 5.41) is 64.7. The monoisotopic (exact) mass is 648 g/mol. The SMILES string of the molecule is CC(C)=CCC[C@](C)(O)[C@H]1CC(O)[C@@]2(C)[C@@H]3CC=C4[C@@H](C[C@H](O[C@@H]5O[C@H](CO)[C@@H](O)[C@H](O)[C@H]5O)C(=O)C4(C)C)[C@]3(C)C(=O)C[C@]12C. The summed E-state index contributed by atoms with van der Waals surface area (Å²) in [5.74, 6) is -1.18. The average molecular weight is 649 g/mol. The molecule has 0 aromatic rings. The zero-order valence-corrected chi connectivity index (χ0v) is 28.7. The fraction of sp³-hybridized carbons (Fsp3) is 0.833. The van der Waals surface area contributed by atoms with Gasteiger partial charge >= 0.3 is 0 Å². The Kier molecular flexibility index (Phi) is 9.21. The molecule has 4 fully saturated rings. The first-order valence-corrected chi connectivity index (χ1v) is 17.0. The van der Waals surface area contributed by atoms with Crippen molar-refractivity contribution in [1.82, 2.24) is 0 Å². The summed E-state index contributed by atoms with van der Waals surface area (Å²) >= 11 is 0. The molecule has 0 bridgehead atoms. The highest BCUT2D eigenvalue weighted by Crippen LogP contribution is 2.74. The number of aliphatic hydroxyl groups excluding tert-OH is 5. The molecule has 14 atom stereocenters. The minimum Gasteiger partial charge on any atom is -0.394 e. The highest BCUT2D eigenvalue weighted by molar-refractivity contribution is 5.94. The Hall–Kier alpha value is -1.50. The molecule has 4 aliphatic carbocycles. The van der Waals surface area contributed by atoms with Gasteiger partial charge in [-0.25, -0.2) is 0 Å². The molecule has 260 valence electrons. The maximum Gasteiger partial charge on any atom is 0.187 e. The van der Waals surface area contributed by atoms with E-state index in [0.717, 1.165) is 5.57 Å². The van der Waals surface area contributed by atoms with Crippen LogP contribution in [0.1, 0.15) is 93.9 Å². The summed E-state index contributed by atoms with van der Waals surface area (Å²) < 4.78 is 11.7. The van der Waals surface area contributed by atoms with Gasteiger partial charge in [0.1, 0.15) is 36.3 Å². The number of ether oxygens (including phenoxy) is 2. The van der Waals surface area contributed by atoms with Gasteiger partial charge in [0.25, 0.3) is 0 Å². The van der Waals surface area contributed by atoms with E-state index in [1.165, 1.54) is 5.57 Å². The fourth-order valence-electron chi connectivity index (χ4n) is 10.6. The largest absolute Gasteiger partial charge is 0.394 e. The Morgan fingerprint density at radius 1 is 1.04 bits per heavy atom. The molecule has 5 rings (SSSR count). The van der Waals surface area contributed by atoms with E-state index in [4.69, 9.17) is 9.47 Å². The molecule has 0 aromatic heterocycles. The molecule has 6 N–H and O–H groups in total. The van der Waals surface area contributed by atoms with Crippen LogP contribution in [0, 0.1) is 39.4 Å². The van der Waals surface area contributed by atoms with Crippen molar-refractivity contribution < 1.29 is 49.7 Å². The number of hydrogen-bond acceptors (Lipinski definition) is 10. The lowest BCUT2D eigenvalue weighted by Gasteiger charge is -2.65. The first kappa shape index (κ1) is 35.8. The highest BCUT2D eigenvalue weighted by Gasteiger charge is 2.74. The van der Waals surface area contributed by atoms with E-state index in [1.807, 2.05) is 41.5 Å². The minimum absolute atomic E-state index is 0.0454. The van der Waals surface area contributed by atoms with Crippen molar-refractivity contribution in [1.29, 1.82) is 0 Å². The predicted octanol–water partition coefficient (Wildman–Crippen LogP) is 2.60. The van der Waals surface area contributed by atoms with Crippen LogP contribution in [0.4, 0.5) is 0 Å². The summed E-state index contributed by atoms with van der Waals surface area (Å²) in [6.07, 6.45) is -2.74. The van der Waals surface area contributed by atoms with E-state index in [2.05, 4.69) is 26.0 Å². The molecule has 5 aliphatic rings. The summed E-state index contributed by atoms with van der Waals surface area (Å²) in [4.78, 5) is 28.6. The summed E-state index contributed by atoms with van der Waals surface area (Å²) in [6, 6.07) is 0. The molecule has 0 amide bonds. The van der Waals surface area contributed by atoms with Crippen LogP contribution in [-0.2, 0) is 19.1 Å². The standard InChI is InChI=1S/C36H56O10/c1-18(2)10-9-13-34(6,44)24-15-25(38)36(8)23-12-11-19-20(35(23,7)26(39)16-33(24,36)5)14-21(30(43)32(19,3)4)45-31-29(42)28(41)27(40)22(17-37)46-31/h10-11,20-25,27-29,31,37-38,40-42,44H,9,12-17H2,1-8H3/t20-,21+,22-,23-,24+,25?,27-,28+,29-,31-,33-,34+,35+,36-/m1/s1. The molecule has 10 nitrogen and oxygen atoms in total. The lowest BCUT2D eigenvalue weighted by Crippen LogP contribution is -2.66.